The molecule has 0 saturated carbocycles. The van der Waals surface area contributed by atoms with Gasteiger partial charge in [0.25, 0.3) is 10.0 Å². The fraction of sp³-hybridized carbons (Fsp3) is 0.600. The summed E-state index contributed by atoms with van der Waals surface area (Å²) in [6, 6.07) is 1.59. The van der Waals surface area contributed by atoms with Gasteiger partial charge in [-0.25, -0.2) is 13.1 Å². The molecule has 1 heterocycles. The average molecular weight is 361 g/mol. The summed E-state index contributed by atoms with van der Waals surface area (Å²) in [7, 11) is -3.51. The topological polar surface area (TPSA) is 46.2 Å². The molecule has 1 N–H and O–H groups in total. The lowest BCUT2D eigenvalue weighted by molar-refractivity contribution is 0.454. The number of aryl methyl sites for hydroxylation is 1. The molecule has 0 bridgehead atoms. The first-order chi connectivity index (χ1) is 7.56. The molecule has 0 aliphatic heterocycles. The Kier molecular flexibility index (Phi) is 4.69. The Hall–Kier alpha value is 0.380. The summed E-state index contributed by atoms with van der Waals surface area (Å²) in [6.07, 6.45) is 0. The van der Waals surface area contributed by atoms with Crippen LogP contribution in [0.5, 0.6) is 0 Å². The number of hydrogen-bond donors (Lipinski definition) is 1. The second kappa shape index (κ2) is 5.17. The summed E-state index contributed by atoms with van der Waals surface area (Å²) in [6.45, 7) is 7.34. The number of nitrogens with one attached hydrogen (secondary N) is 1. The molecule has 17 heavy (non-hydrogen) atoms. The molecule has 0 aliphatic rings. The highest BCUT2D eigenvalue weighted by Crippen LogP contribution is 2.31. The standard InChI is InChI=1S/C10H15BrClNO2S2/c1-6-5-8(16-9(6)12)17(14,15)13-10(3,4)7(2)11/h5,7,13H,1-4H3. The van der Waals surface area contributed by atoms with Crippen molar-refractivity contribution in [3.05, 3.63) is 16.0 Å². The predicted molar refractivity (Wildman–Crippen MR) is 76.9 cm³/mol. The van der Waals surface area contributed by atoms with E-state index in [2.05, 4.69) is 20.7 Å². The van der Waals surface area contributed by atoms with Crippen LogP contribution in [0.1, 0.15) is 26.3 Å². The Morgan fingerprint density at radius 3 is 2.41 bits per heavy atom. The molecule has 0 aliphatic carbocycles. The van der Waals surface area contributed by atoms with Crippen molar-refractivity contribution in [2.24, 2.45) is 0 Å². The van der Waals surface area contributed by atoms with E-state index in [1.54, 1.807) is 13.0 Å². The number of halogens is 2. The summed E-state index contributed by atoms with van der Waals surface area (Å²) >= 11 is 10.4. The van der Waals surface area contributed by atoms with Crippen molar-refractivity contribution in [1.82, 2.24) is 4.72 Å². The fourth-order valence-electron chi connectivity index (χ4n) is 1.04. The summed E-state index contributed by atoms with van der Waals surface area (Å²) in [5, 5.41) is 0. The van der Waals surface area contributed by atoms with Crippen molar-refractivity contribution in [1.29, 1.82) is 0 Å². The third kappa shape index (κ3) is 3.67. The maximum absolute atomic E-state index is 12.1. The summed E-state index contributed by atoms with van der Waals surface area (Å²) in [5.41, 5.74) is 0.213. The first-order valence-corrected chi connectivity index (χ1v) is 8.59. The Labute approximate surface area is 120 Å². The Balaban J connectivity index is 3.05. The van der Waals surface area contributed by atoms with Crippen LogP contribution in [0.3, 0.4) is 0 Å². The van der Waals surface area contributed by atoms with Crippen LogP contribution in [0.15, 0.2) is 10.3 Å². The van der Waals surface area contributed by atoms with Gasteiger partial charge in [0.2, 0.25) is 0 Å². The van der Waals surface area contributed by atoms with Crippen LogP contribution in [-0.2, 0) is 10.0 Å². The van der Waals surface area contributed by atoms with Crippen LogP contribution in [-0.4, -0.2) is 18.8 Å². The zero-order valence-corrected chi connectivity index (χ0v) is 14.0. The highest BCUT2D eigenvalue weighted by Gasteiger charge is 2.31. The minimum absolute atomic E-state index is 0.0151. The van der Waals surface area contributed by atoms with Gasteiger partial charge in [0.1, 0.15) is 4.21 Å². The van der Waals surface area contributed by atoms with E-state index in [-0.39, 0.29) is 9.04 Å². The molecule has 1 atom stereocenters. The lowest BCUT2D eigenvalue weighted by Crippen LogP contribution is -2.48. The van der Waals surface area contributed by atoms with Crippen molar-refractivity contribution in [2.75, 3.05) is 0 Å². The number of hydrogen-bond acceptors (Lipinski definition) is 3. The normalized spacial score (nSPS) is 14.9. The Morgan fingerprint density at radius 2 is 2.06 bits per heavy atom. The fourth-order valence-corrected chi connectivity index (χ4v) is 4.50. The van der Waals surface area contributed by atoms with Gasteiger partial charge >= 0.3 is 0 Å². The smallest absolute Gasteiger partial charge is 0.206 e. The highest BCUT2D eigenvalue weighted by atomic mass is 79.9. The maximum Gasteiger partial charge on any atom is 0.250 e. The van der Waals surface area contributed by atoms with Gasteiger partial charge in [0.15, 0.2) is 0 Å². The van der Waals surface area contributed by atoms with E-state index >= 15 is 0 Å². The number of rotatable bonds is 4. The van der Waals surface area contributed by atoms with E-state index in [0.717, 1.165) is 16.9 Å². The molecule has 1 rings (SSSR count). The van der Waals surface area contributed by atoms with E-state index in [9.17, 15) is 8.42 Å². The van der Waals surface area contributed by atoms with Crippen LogP contribution >= 0.6 is 38.9 Å². The van der Waals surface area contributed by atoms with Crippen molar-refractivity contribution >= 4 is 48.9 Å². The SMILES string of the molecule is Cc1cc(S(=O)(=O)NC(C)(C)C(C)Br)sc1Cl. The molecule has 7 heteroatoms. The minimum atomic E-state index is -3.51. The van der Waals surface area contributed by atoms with Crippen LogP contribution < -0.4 is 4.72 Å². The zero-order valence-electron chi connectivity index (χ0n) is 10.0. The van der Waals surface area contributed by atoms with Crippen LogP contribution in [0, 0.1) is 6.92 Å². The van der Waals surface area contributed by atoms with Crippen molar-refractivity contribution < 1.29 is 8.42 Å². The zero-order chi connectivity index (χ0) is 13.4. The number of alkyl halides is 1. The molecule has 1 unspecified atom stereocenters. The molecule has 1 aromatic heterocycles. The molecular weight excluding hydrogens is 346 g/mol. The van der Waals surface area contributed by atoms with E-state index < -0.39 is 15.6 Å². The Bertz CT molecular complexity index is 489. The molecule has 0 amide bonds. The maximum atomic E-state index is 12.1. The van der Waals surface area contributed by atoms with Crippen molar-refractivity contribution in [3.63, 3.8) is 0 Å². The average Bonchev–Trinajstić information content (AvgIpc) is 2.45. The van der Waals surface area contributed by atoms with Gasteiger partial charge in [-0.05, 0) is 32.4 Å². The quantitative estimate of drug-likeness (QED) is 0.835. The first kappa shape index (κ1) is 15.4. The van der Waals surface area contributed by atoms with Gasteiger partial charge in [-0.1, -0.05) is 34.5 Å². The first-order valence-electron chi connectivity index (χ1n) is 5.00. The van der Waals surface area contributed by atoms with E-state index in [0.29, 0.717) is 4.34 Å². The van der Waals surface area contributed by atoms with Crippen LogP contribution in [0.4, 0.5) is 0 Å². The molecule has 1 aromatic rings. The van der Waals surface area contributed by atoms with E-state index in [4.69, 9.17) is 11.6 Å². The van der Waals surface area contributed by atoms with Crippen LogP contribution in [0.25, 0.3) is 0 Å². The third-order valence-electron chi connectivity index (χ3n) is 2.49. The van der Waals surface area contributed by atoms with Gasteiger partial charge in [0.05, 0.1) is 4.34 Å². The summed E-state index contributed by atoms with van der Waals surface area (Å²) in [5.74, 6) is 0. The summed E-state index contributed by atoms with van der Waals surface area (Å²) < 4.78 is 27.7. The molecule has 0 aromatic carbocycles. The molecule has 0 fully saturated rings. The van der Waals surface area contributed by atoms with E-state index in [1.165, 1.54) is 0 Å². The molecule has 0 spiro atoms. The highest BCUT2D eigenvalue weighted by molar-refractivity contribution is 9.09. The van der Waals surface area contributed by atoms with Gasteiger partial charge in [-0.2, -0.15) is 0 Å². The lowest BCUT2D eigenvalue weighted by atomic mass is 10.0. The predicted octanol–water partition coefficient (Wildman–Crippen LogP) is 3.55. The minimum Gasteiger partial charge on any atom is -0.206 e. The second-order valence-corrected chi connectivity index (χ2v) is 9.40. The third-order valence-corrected chi connectivity index (χ3v) is 7.34. The lowest BCUT2D eigenvalue weighted by Gasteiger charge is -2.28. The monoisotopic (exact) mass is 359 g/mol. The Morgan fingerprint density at radius 1 is 1.53 bits per heavy atom. The largest absolute Gasteiger partial charge is 0.250 e. The number of thiophene rings is 1. The van der Waals surface area contributed by atoms with E-state index in [1.807, 2.05) is 20.8 Å². The van der Waals surface area contributed by atoms with Gasteiger partial charge in [-0.3, -0.25) is 0 Å². The van der Waals surface area contributed by atoms with Crippen LogP contribution in [0.2, 0.25) is 4.34 Å². The van der Waals surface area contributed by atoms with Gasteiger partial charge < -0.3 is 0 Å². The van der Waals surface area contributed by atoms with Gasteiger partial charge in [0, 0.05) is 10.4 Å². The molecule has 3 nitrogen and oxygen atoms in total. The molecule has 0 saturated heterocycles. The second-order valence-electron chi connectivity index (χ2n) is 4.47. The molecular formula is C10H15BrClNO2S2. The number of sulfonamides is 1. The molecule has 0 radical (unpaired) electrons. The van der Waals surface area contributed by atoms with Crippen molar-refractivity contribution in [2.45, 2.75) is 42.3 Å². The summed E-state index contributed by atoms with van der Waals surface area (Å²) in [4.78, 5) is 0.0151. The van der Waals surface area contributed by atoms with Crippen molar-refractivity contribution in [3.8, 4) is 0 Å². The molecule has 98 valence electrons. The van der Waals surface area contributed by atoms with Gasteiger partial charge in [-0.15, -0.1) is 11.3 Å².